The van der Waals surface area contributed by atoms with Crippen LogP contribution in [0.2, 0.25) is 0 Å². The summed E-state index contributed by atoms with van der Waals surface area (Å²) in [5.74, 6) is 5.67. The summed E-state index contributed by atoms with van der Waals surface area (Å²) in [5.41, 5.74) is 5.29. The molecule has 0 aromatic carbocycles. The van der Waals surface area contributed by atoms with Crippen molar-refractivity contribution in [3.63, 3.8) is 0 Å². The minimum Gasteiger partial charge on any atom is -0.309 e. The highest BCUT2D eigenvalue weighted by atomic mass is 79.9. The van der Waals surface area contributed by atoms with Crippen molar-refractivity contribution in [2.75, 3.05) is 20.6 Å². The molecule has 1 atom stereocenters. The number of nitrogens with one attached hydrogen (secondary N) is 1. The van der Waals surface area contributed by atoms with Gasteiger partial charge in [-0.15, -0.1) is 0 Å². The van der Waals surface area contributed by atoms with Crippen LogP contribution in [0, 0.1) is 0 Å². The van der Waals surface area contributed by atoms with Crippen LogP contribution in [0.4, 0.5) is 0 Å². The fourth-order valence-corrected chi connectivity index (χ4v) is 2.83. The van der Waals surface area contributed by atoms with Gasteiger partial charge in [0.15, 0.2) is 0 Å². The standard InChI is InChI=1S/C13H26BrN5/c1-5-11-13(14)12(19(6-2)17-11)9-10(16-15)7-8-18(3)4/h10,16H,5-9,15H2,1-4H3. The van der Waals surface area contributed by atoms with Gasteiger partial charge in [-0.3, -0.25) is 16.0 Å². The van der Waals surface area contributed by atoms with Gasteiger partial charge in [0.2, 0.25) is 0 Å². The number of halogens is 1. The molecule has 0 saturated heterocycles. The molecule has 0 radical (unpaired) electrons. The molecular weight excluding hydrogens is 306 g/mol. The Labute approximate surface area is 124 Å². The van der Waals surface area contributed by atoms with Gasteiger partial charge in [-0.1, -0.05) is 6.92 Å². The number of nitrogens with two attached hydrogens (primary N) is 1. The van der Waals surface area contributed by atoms with Crippen LogP contribution < -0.4 is 11.3 Å². The molecule has 1 heterocycles. The number of hydrogen-bond acceptors (Lipinski definition) is 4. The minimum atomic E-state index is 0.269. The van der Waals surface area contributed by atoms with E-state index in [-0.39, 0.29) is 6.04 Å². The van der Waals surface area contributed by atoms with Crippen LogP contribution in [0.5, 0.6) is 0 Å². The largest absolute Gasteiger partial charge is 0.309 e. The molecule has 0 fully saturated rings. The molecule has 19 heavy (non-hydrogen) atoms. The van der Waals surface area contributed by atoms with Crippen molar-refractivity contribution >= 4 is 15.9 Å². The van der Waals surface area contributed by atoms with Crippen LogP contribution in [0.15, 0.2) is 4.47 Å². The van der Waals surface area contributed by atoms with E-state index in [1.54, 1.807) is 0 Å². The van der Waals surface area contributed by atoms with Gasteiger partial charge in [-0.05, 0) is 56.3 Å². The average molecular weight is 332 g/mol. The third kappa shape index (κ3) is 4.56. The molecule has 0 amide bonds. The predicted octanol–water partition coefficient (Wildman–Crippen LogP) is 1.55. The summed E-state index contributed by atoms with van der Waals surface area (Å²) >= 11 is 3.68. The van der Waals surface area contributed by atoms with Crippen molar-refractivity contribution in [1.82, 2.24) is 20.1 Å². The van der Waals surface area contributed by atoms with Crippen LogP contribution >= 0.6 is 15.9 Å². The summed E-state index contributed by atoms with van der Waals surface area (Å²) < 4.78 is 3.21. The molecule has 0 bridgehead atoms. The maximum atomic E-state index is 5.67. The highest BCUT2D eigenvalue weighted by molar-refractivity contribution is 9.10. The van der Waals surface area contributed by atoms with Gasteiger partial charge in [-0.25, -0.2) is 0 Å². The van der Waals surface area contributed by atoms with Gasteiger partial charge in [0, 0.05) is 19.0 Å². The smallest absolute Gasteiger partial charge is 0.0766 e. The lowest BCUT2D eigenvalue weighted by molar-refractivity contribution is 0.355. The molecular formula is C13H26BrN5. The van der Waals surface area contributed by atoms with Crippen LogP contribution in [0.25, 0.3) is 0 Å². The lowest BCUT2D eigenvalue weighted by atomic mass is 10.1. The molecule has 0 saturated carbocycles. The Kier molecular flexibility index (Phi) is 6.99. The molecule has 5 nitrogen and oxygen atoms in total. The number of aromatic nitrogens is 2. The van der Waals surface area contributed by atoms with Crippen molar-refractivity contribution in [3.8, 4) is 0 Å². The van der Waals surface area contributed by atoms with Gasteiger partial charge in [-0.2, -0.15) is 5.10 Å². The van der Waals surface area contributed by atoms with E-state index in [2.05, 4.69) is 64.0 Å². The molecule has 0 spiro atoms. The van der Waals surface area contributed by atoms with Crippen molar-refractivity contribution in [2.24, 2.45) is 5.84 Å². The second kappa shape index (κ2) is 7.99. The Morgan fingerprint density at radius 3 is 2.58 bits per heavy atom. The lowest BCUT2D eigenvalue weighted by Crippen LogP contribution is -2.39. The Hall–Kier alpha value is -0.430. The van der Waals surface area contributed by atoms with E-state index < -0.39 is 0 Å². The predicted molar refractivity (Wildman–Crippen MR) is 83.0 cm³/mol. The first-order valence-electron chi connectivity index (χ1n) is 6.88. The monoisotopic (exact) mass is 331 g/mol. The van der Waals surface area contributed by atoms with Crippen LogP contribution in [-0.4, -0.2) is 41.4 Å². The van der Waals surface area contributed by atoms with E-state index in [0.29, 0.717) is 0 Å². The number of nitrogens with zero attached hydrogens (tertiary/aromatic N) is 3. The number of hydrogen-bond donors (Lipinski definition) is 2. The van der Waals surface area contributed by atoms with Gasteiger partial charge in [0.25, 0.3) is 0 Å². The molecule has 6 heteroatoms. The Bertz CT molecular complexity index is 389. The molecule has 0 aliphatic carbocycles. The molecule has 1 aromatic rings. The minimum absolute atomic E-state index is 0.269. The first kappa shape index (κ1) is 16.6. The maximum absolute atomic E-state index is 5.67. The molecule has 110 valence electrons. The quantitative estimate of drug-likeness (QED) is 0.560. The van der Waals surface area contributed by atoms with E-state index in [0.717, 1.165) is 42.5 Å². The number of rotatable bonds is 8. The lowest BCUT2D eigenvalue weighted by Gasteiger charge is -2.19. The van der Waals surface area contributed by atoms with Crippen LogP contribution in [0.3, 0.4) is 0 Å². The zero-order valence-corrected chi connectivity index (χ0v) is 14.0. The Morgan fingerprint density at radius 1 is 1.42 bits per heavy atom. The van der Waals surface area contributed by atoms with E-state index in [1.807, 2.05) is 0 Å². The topological polar surface area (TPSA) is 59.1 Å². The maximum Gasteiger partial charge on any atom is 0.0766 e. The first-order valence-corrected chi connectivity index (χ1v) is 7.67. The summed E-state index contributed by atoms with van der Waals surface area (Å²) in [5, 5.41) is 4.62. The highest BCUT2D eigenvalue weighted by Gasteiger charge is 2.18. The van der Waals surface area contributed by atoms with Gasteiger partial charge in [0.05, 0.1) is 15.9 Å². The zero-order chi connectivity index (χ0) is 14.4. The van der Waals surface area contributed by atoms with E-state index in [4.69, 9.17) is 5.84 Å². The van der Waals surface area contributed by atoms with Crippen LogP contribution in [-0.2, 0) is 19.4 Å². The average Bonchev–Trinajstić information content (AvgIpc) is 2.70. The molecule has 1 unspecified atom stereocenters. The fraction of sp³-hybridized carbons (Fsp3) is 0.769. The Balaban J connectivity index is 2.80. The summed E-state index contributed by atoms with van der Waals surface area (Å²) in [6, 6.07) is 0.269. The zero-order valence-electron chi connectivity index (χ0n) is 12.4. The van der Waals surface area contributed by atoms with Crippen LogP contribution in [0.1, 0.15) is 31.7 Å². The summed E-state index contributed by atoms with van der Waals surface area (Å²) in [6.45, 7) is 6.15. The second-order valence-electron chi connectivity index (χ2n) is 5.04. The normalized spacial score (nSPS) is 13.2. The number of hydrazine groups is 1. The molecule has 1 rings (SSSR count). The van der Waals surface area contributed by atoms with Gasteiger partial charge >= 0.3 is 0 Å². The highest BCUT2D eigenvalue weighted by Crippen LogP contribution is 2.24. The second-order valence-corrected chi connectivity index (χ2v) is 5.83. The van der Waals surface area contributed by atoms with Crippen molar-refractivity contribution in [1.29, 1.82) is 0 Å². The molecule has 0 aliphatic rings. The van der Waals surface area contributed by atoms with Crippen molar-refractivity contribution in [3.05, 3.63) is 15.9 Å². The third-order valence-corrected chi connectivity index (χ3v) is 4.21. The summed E-state index contributed by atoms with van der Waals surface area (Å²) in [4.78, 5) is 2.17. The fourth-order valence-electron chi connectivity index (χ4n) is 2.10. The van der Waals surface area contributed by atoms with Gasteiger partial charge < -0.3 is 4.90 Å². The first-order chi connectivity index (χ1) is 9.03. The van der Waals surface area contributed by atoms with Crippen molar-refractivity contribution in [2.45, 2.75) is 45.7 Å². The third-order valence-electron chi connectivity index (χ3n) is 3.29. The SMILES string of the molecule is CCc1nn(CC)c(CC(CCN(C)C)NN)c1Br. The van der Waals surface area contributed by atoms with Gasteiger partial charge in [0.1, 0.15) is 0 Å². The summed E-state index contributed by atoms with van der Waals surface area (Å²) in [6.07, 6.45) is 2.86. The molecule has 3 N–H and O–H groups in total. The molecule has 0 aliphatic heterocycles. The van der Waals surface area contributed by atoms with E-state index in [1.165, 1.54) is 5.69 Å². The Morgan fingerprint density at radius 2 is 2.11 bits per heavy atom. The number of aryl methyl sites for hydroxylation is 2. The van der Waals surface area contributed by atoms with E-state index >= 15 is 0 Å². The summed E-state index contributed by atoms with van der Waals surface area (Å²) in [7, 11) is 4.16. The molecule has 1 aromatic heterocycles. The van der Waals surface area contributed by atoms with Crippen molar-refractivity contribution < 1.29 is 0 Å². The van der Waals surface area contributed by atoms with E-state index in [9.17, 15) is 0 Å².